The first-order valence-electron chi connectivity index (χ1n) is 7.86. The lowest BCUT2D eigenvalue weighted by Gasteiger charge is -2.09. The maximum atomic E-state index is 13.8. The lowest BCUT2D eigenvalue weighted by atomic mass is 10.2. The molecule has 2 aromatic heterocycles. The summed E-state index contributed by atoms with van der Waals surface area (Å²) >= 11 is 1.53. The van der Waals surface area contributed by atoms with Gasteiger partial charge in [-0.3, -0.25) is 10.1 Å². The Morgan fingerprint density at radius 2 is 2.12 bits per heavy atom. The lowest BCUT2D eigenvalue weighted by molar-refractivity contribution is 0.101. The van der Waals surface area contributed by atoms with Crippen LogP contribution in [0.2, 0.25) is 0 Å². The molecular weight excluding hydrogens is 325 g/mol. The number of amides is 1. The standard InChI is InChI=1S/C18H16FN3OS/c19-14-5-2-1-4-13(14)11-22-9-3-6-15(22)17(23)21-18-20-10-16(24-18)12-7-8-12/h1-6,9-10,12H,7-8,11H2,(H,20,21,23). The van der Waals surface area contributed by atoms with Crippen molar-refractivity contribution in [1.82, 2.24) is 9.55 Å². The van der Waals surface area contributed by atoms with E-state index < -0.39 is 0 Å². The van der Waals surface area contributed by atoms with E-state index in [1.807, 2.05) is 6.20 Å². The summed E-state index contributed by atoms with van der Waals surface area (Å²) in [5, 5.41) is 3.45. The monoisotopic (exact) mass is 341 g/mol. The molecular formula is C18H16FN3OS. The molecule has 0 saturated heterocycles. The average molecular weight is 341 g/mol. The third kappa shape index (κ3) is 3.10. The summed E-state index contributed by atoms with van der Waals surface area (Å²) in [7, 11) is 0. The molecule has 0 spiro atoms. The molecule has 0 bridgehead atoms. The predicted octanol–water partition coefficient (Wildman–Crippen LogP) is 4.26. The SMILES string of the molecule is O=C(Nc1ncc(C2CC2)s1)c1cccn1Cc1ccccc1F. The van der Waals surface area contributed by atoms with E-state index >= 15 is 0 Å². The molecule has 1 aromatic carbocycles. The van der Waals surface area contributed by atoms with Gasteiger partial charge in [0.25, 0.3) is 5.91 Å². The number of thiazole rings is 1. The second kappa shape index (κ2) is 6.20. The summed E-state index contributed by atoms with van der Waals surface area (Å²) in [6.07, 6.45) is 6.04. The van der Waals surface area contributed by atoms with E-state index in [-0.39, 0.29) is 11.7 Å². The smallest absolute Gasteiger partial charge is 0.274 e. The van der Waals surface area contributed by atoms with Crippen LogP contribution in [-0.4, -0.2) is 15.5 Å². The maximum absolute atomic E-state index is 13.8. The van der Waals surface area contributed by atoms with E-state index in [0.717, 1.165) is 0 Å². The molecule has 24 heavy (non-hydrogen) atoms. The van der Waals surface area contributed by atoms with Gasteiger partial charge < -0.3 is 4.57 Å². The molecule has 0 unspecified atom stereocenters. The molecule has 1 amide bonds. The van der Waals surface area contributed by atoms with Crippen molar-refractivity contribution in [3.8, 4) is 0 Å². The van der Waals surface area contributed by atoms with E-state index in [1.165, 1.54) is 35.1 Å². The van der Waals surface area contributed by atoms with Crippen molar-refractivity contribution in [2.24, 2.45) is 0 Å². The zero-order valence-corrected chi connectivity index (χ0v) is 13.7. The van der Waals surface area contributed by atoms with Gasteiger partial charge in [0.1, 0.15) is 11.5 Å². The van der Waals surface area contributed by atoms with Gasteiger partial charge in [-0.15, -0.1) is 11.3 Å². The van der Waals surface area contributed by atoms with Gasteiger partial charge in [-0.1, -0.05) is 18.2 Å². The van der Waals surface area contributed by atoms with E-state index in [1.54, 1.807) is 41.1 Å². The van der Waals surface area contributed by atoms with Gasteiger partial charge in [0.15, 0.2) is 5.13 Å². The Kier molecular flexibility index (Phi) is 3.90. The van der Waals surface area contributed by atoms with Crippen molar-refractivity contribution < 1.29 is 9.18 Å². The number of carbonyl (C=O) groups excluding carboxylic acids is 1. The molecule has 4 nitrogen and oxygen atoms in total. The lowest BCUT2D eigenvalue weighted by Crippen LogP contribution is -2.17. The molecule has 122 valence electrons. The van der Waals surface area contributed by atoms with Crippen LogP contribution in [0.25, 0.3) is 0 Å². The number of aromatic nitrogens is 2. The van der Waals surface area contributed by atoms with Crippen molar-refractivity contribution in [2.45, 2.75) is 25.3 Å². The number of nitrogens with zero attached hydrogens (tertiary/aromatic N) is 2. The van der Waals surface area contributed by atoms with Crippen LogP contribution >= 0.6 is 11.3 Å². The van der Waals surface area contributed by atoms with Gasteiger partial charge in [0.05, 0.1) is 6.54 Å². The summed E-state index contributed by atoms with van der Waals surface area (Å²) in [5.74, 6) is 0.123. The number of anilines is 1. The Hall–Kier alpha value is -2.47. The van der Waals surface area contributed by atoms with Crippen molar-refractivity contribution in [1.29, 1.82) is 0 Å². The Morgan fingerprint density at radius 1 is 1.29 bits per heavy atom. The zero-order valence-electron chi connectivity index (χ0n) is 12.9. The fraction of sp³-hybridized carbons (Fsp3) is 0.222. The number of carbonyl (C=O) groups is 1. The maximum Gasteiger partial charge on any atom is 0.274 e. The Labute approximate surface area is 143 Å². The number of benzene rings is 1. The van der Waals surface area contributed by atoms with E-state index in [9.17, 15) is 9.18 Å². The highest BCUT2D eigenvalue weighted by molar-refractivity contribution is 7.15. The van der Waals surface area contributed by atoms with Gasteiger partial charge >= 0.3 is 0 Å². The van der Waals surface area contributed by atoms with Gasteiger partial charge in [-0.25, -0.2) is 9.37 Å². The summed E-state index contributed by atoms with van der Waals surface area (Å²) < 4.78 is 15.6. The van der Waals surface area contributed by atoms with Crippen molar-refractivity contribution in [3.63, 3.8) is 0 Å². The van der Waals surface area contributed by atoms with Crippen molar-refractivity contribution in [3.05, 3.63) is 70.7 Å². The minimum absolute atomic E-state index is 0.229. The molecule has 1 fully saturated rings. The zero-order chi connectivity index (χ0) is 16.5. The predicted molar refractivity (Wildman–Crippen MR) is 92.0 cm³/mol. The van der Waals surface area contributed by atoms with E-state index in [4.69, 9.17) is 0 Å². The molecule has 3 aromatic rings. The summed E-state index contributed by atoms with van der Waals surface area (Å²) in [6.45, 7) is 0.313. The van der Waals surface area contributed by atoms with Crippen LogP contribution in [0.4, 0.5) is 9.52 Å². The van der Waals surface area contributed by atoms with Crippen molar-refractivity contribution >= 4 is 22.4 Å². The number of hydrogen-bond donors (Lipinski definition) is 1. The molecule has 1 aliphatic carbocycles. The number of halogens is 1. The van der Waals surface area contributed by atoms with Gasteiger partial charge in [0.2, 0.25) is 0 Å². The molecule has 4 rings (SSSR count). The third-order valence-corrected chi connectivity index (χ3v) is 5.16. The highest BCUT2D eigenvalue weighted by Gasteiger charge is 2.26. The average Bonchev–Trinajstić information content (AvgIpc) is 3.14. The second-order valence-corrected chi connectivity index (χ2v) is 6.97. The van der Waals surface area contributed by atoms with Crippen molar-refractivity contribution in [2.75, 3.05) is 5.32 Å². The largest absolute Gasteiger partial charge is 0.339 e. The first-order valence-corrected chi connectivity index (χ1v) is 8.68. The van der Waals surface area contributed by atoms with Crippen LogP contribution in [0, 0.1) is 5.82 Å². The minimum Gasteiger partial charge on any atom is -0.339 e. The van der Waals surface area contributed by atoms with Gasteiger partial charge in [0, 0.05) is 22.8 Å². The fourth-order valence-corrected chi connectivity index (χ4v) is 3.61. The molecule has 1 N–H and O–H groups in total. The van der Waals surface area contributed by atoms with Gasteiger partial charge in [-0.05, 0) is 37.0 Å². The first-order chi connectivity index (χ1) is 11.7. The number of rotatable bonds is 5. The van der Waals surface area contributed by atoms with E-state index in [0.29, 0.717) is 28.9 Å². The Morgan fingerprint density at radius 3 is 2.92 bits per heavy atom. The molecule has 1 aliphatic rings. The highest BCUT2D eigenvalue weighted by atomic mass is 32.1. The topological polar surface area (TPSA) is 46.9 Å². The molecule has 1 saturated carbocycles. The van der Waals surface area contributed by atoms with Crippen LogP contribution in [0.5, 0.6) is 0 Å². The third-order valence-electron chi connectivity index (χ3n) is 4.08. The summed E-state index contributed by atoms with van der Waals surface area (Å²) in [4.78, 5) is 18.0. The molecule has 0 aliphatic heterocycles. The van der Waals surface area contributed by atoms with Crippen LogP contribution in [0.1, 0.15) is 39.7 Å². The summed E-state index contributed by atoms with van der Waals surface area (Å²) in [6, 6.07) is 10.1. The Bertz CT molecular complexity index is 882. The highest BCUT2D eigenvalue weighted by Crippen LogP contribution is 2.43. The molecule has 6 heteroatoms. The number of hydrogen-bond acceptors (Lipinski definition) is 3. The van der Waals surface area contributed by atoms with Crippen LogP contribution < -0.4 is 5.32 Å². The molecule has 0 atom stereocenters. The molecule has 0 radical (unpaired) electrons. The van der Waals surface area contributed by atoms with Gasteiger partial charge in [-0.2, -0.15) is 0 Å². The minimum atomic E-state index is -0.272. The van der Waals surface area contributed by atoms with Crippen LogP contribution in [-0.2, 0) is 6.54 Å². The van der Waals surface area contributed by atoms with Crippen LogP contribution in [0.3, 0.4) is 0 Å². The first kappa shape index (κ1) is 15.1. The number of nitrogens with one attached hydrogen (secondary N) is 1. The normalized spacial score (nSPS) is 13.9. The van der Waals surface area contributed by atoms with E-state index in [2.05, 4.69) is 10.3 Å². The molecule has 2 heterocycles. The quantitative estimate of drug-likeness (QED) is 0.754. The summed E-state index contributed by atoms with van der Waals surface area (Å²) in [5.41, 5.74) is 1.04. The van der Waals surface area contributed by atoms with Crippen LogP contribution in [0.15, 0.2) is 48.8 Å². The fourth-order valence-electron chi connectivity index (χ4n) is 2.63. The Balaban J connectivity index is 1.50. The second-order valence-electron chi connectivity index (χ2n) is 5.91.